The molecule has 1 fully saturated rings. The molecule has 1 saturated heterocycles. The van der Waals surface area contributed by atoms with Crippen molar-refractivity contribution in [2.24, 2.45) is 0 Å². The molecule has 1 amide bonds. The molecule has 0 aliphatic carbocycles. The summed E-state index contributed by atoms with van der Waals surface area (Å²) in [5.41, 5.74) is 0.463. The first kappa shape index (κ1) is 19.5. The van der Waals surface area contributed by atoms with Gasteiger partial charge in [0.15, 0.2) is 0 Å². The zero-order chi connectivity index (χ0) is 20.2. The summed E-state index contributed by atoms with van der Waals surface area (Å²) < 4.78 is 5.78. The zero-order valence-electron chi connectivity index (χ0n) is 15.5. The number of hydrogen-bond acceptors (Lipinski definition) is 5. The van der Waals surface area contributed by atoms with Crippen LogP contribution in [-0.4, -0.2) is 47.0 Å². The summed E-state index contributed by atoms with van der Waals surface area (Å²) in [4.78, 5) is 25.2. The van der Waals surface area contributed by atoms with Crippen molar-refractivity contribution >= 4 is 34.9 Å². The number of hydrogen-bond donors (Lipinski definition) is 0. The first-order valence-corrected chi connectivity index (χ1v) is 9.90. The molecular weight excluding hydrogens is 411 g/mol. The Morgan fingerprint density at radius 2 is 1.69 bits per heavy atom. The molecule has 0 radical (unpaired) electrons. The number of halogens is 2. The van der Waals surface area contributed by atoms with Gasteiger partial charge in [0.2, 0.25) is 5.88 Å². The van der Waals surface area contributed by atoms with Crippen molar-refractivity contribution < 1.29 is 9.53 Å². The van der Waals surface area contributed by atoms with Crippen LogP contribution in [0.5, 0.6) is 11.6 Å². The Morgan fingerprint density at radius 3 is 2.41 bits per heavy atom. The summed E-state index contributed by atoms with van der Waals surface area (Å²) >= 11 is 12.1. The van der Waals surface area contributed by atoms with E-state index in [0.29, 0.717) is 53.4 Å². The van der Waals surface area contributed by atoms with Crippen LogP contribution in [0.15, 0.2) is 60.9 Å². The van der Waals surface area contributed by atoms with Crippen LogP contribution >= 0.6 is 23.2 Å². The molecule has 0 spiro atoms. The minimum absolute atomic E-state index is 0.0953. The van der Waals surface area contributed by atoms with E-state index in [-0.39, 0.29) is 5.91 Å². The van der Waals surface area contributed by atoms with Gasteiger partial charge in [-0.05, 0) is 30.3 Å². The Morgan fingerprint density at radius 1 is 0.931 bits per heavy atom. The molecular formula is C21H18Cl2N4O2. The monoisotopic (exact) mass is 428 g/mol. The van der Waals surface area contributed by atoms with Crippen LogP contribution in [0, 0.1) is 0 Å². The van der Waals surface area contributed by atoms with Crippen LogP contribution in [0.3, 0.4) is 0 Å². The molecule has 0 bridgehead atoms. The Balaban J connectivity index is 1.40. The Kier molecular flexibility index (Phi) is 5.83. The molecule has 2 heterocycles. The maximum Gasteiger partial charge on any atom is 0.255 e. The van der Waals surface area contributed by atoms with E-state index in [1.165, 1.54) is 6.33 Å². The summed E-state index contributed by atoms with van der Waals surface area (Å²) in [7, 11) is 0. The SMILES string of the molecule is O=C(c1ccc(Cl)cc1Cl)N1CCN(c2cc(Oc3ccccc3)ncn2)CC1. The third-order valence-corrected chi connectivity index (χ3v) is 5.19. The number of piperazine rings is 1. The van der Waals surface area contributed by atoms with Gasteiger partial charge in [-0.1, -0.05) is 41.4 Å². The van der Waals surface area contributed by atoms with Crippen molar-refractivity contribution in [3.8, 4) is 11.6 Å². The van der Waals surface area contributed by atoms with E-state index in [4.69, 9.17) is 27.9 Å². The van der Waals surface area contributed by atoms with Gasteiger partial charge in [0.1, 0.15) is 17.9 Å². The third kappa shape index (κ3) is 4.60. The van der Waals surface area contributed by atoms with E-state index in [1.54, 1.807) is 29.2 Å². The zero-order valence-corrected chi connectivity index (χ0v) is 17.0. The first-order chi connectivity index (χ1) is 14.1. The van der Waals surface area contributed by atoms with Gasteiger partial charge in [-0.25, -0.2) is 9.97 Å². The average molecular weight is 429 g/mol. The molecule has 29 heavy (non-hydrogen) atoms. The maximum absolute atomic E-state index is 12.8. The van der Waals surface area contributed by atoms with Gasteiger partial charge < -0.3 is 14.5 Å². The highest BCUT2D eigenvalue weighted by Gasteiger charge is 2.24. The molecule has 4 rings (SSSR count). The lowest BCUT2D eigenvalue weighted by Gasteiger charge is -2.35. The second-order valence-corrected chi connectivity index (χ2v) is 7.38. The molecule has 0 atom stereocenters. The van der Waals surface area contributed by atoms with Crippen LogP contribution in [-0.2, 0) is 0 Å². The van der Waals surface area contributed by atoms with Gasteiger partial charge in [-0.3, -0.25) is 4.79 Å². The topological polar surface area (TPSA) is 58.6 Å². The number of benzene rings is 2. The molecule has 1 aromatic heterocycles. The van der Waals surface area contributed by atoms with Gasteiger partial charge >= 0.3 is 0 Å². The van der Waals surface area contributed by atoms with Crippen LogP contribution in [0.1, 0.15) is 10.4 Å². The van der Waals surface area contributed by atoms with Crippen molar-refractivity contribution in [1.29, 1.82) is 0 Å². The fraction of sp³-hybridized carbons (Fsp3) is 0.190. The lowest BCUT2D eigenvalue weighted by atomic mass is 10.2. The second kappa shape index (κ2) is 8.68. The Bertz CT molecular complexity index is 1010. The number of anilines is 1. The fourth-order valence-electron chi connectivity index (χ4n) is 3.14. The minimum Gasteiger partial charge on any atom is -0.439 e. The van der Waals surface area contributed by atoms with Gasteiger partial charge in [-0.2, -0.15) is 0 Å². The third-order valence-electron chi connectivity index (χ3n) is 4.65. The van der Waals surface area contributed by atoms with Crippen LogP contribution in [0.2, 0.25) is 10.0 Å². The summed E-state index contributed by atoms with van der Waals surface area (Å²) in [6, 6.07) is 16.2. The van der Waals surface area contributed by atoms with Crippen molar-refractivity contribution in [2.75, 3.05) is 31.1 Å². The molecule has 8 heteroatoms. The first-order valence-electron chi connectivity index (χ1n) is 9.14. The fourth-order valence-corrected chi connectivity index (χ4v) is 3.63. The van der Waals surface area contributed by atoms with E-state index in [9.17, 15) is 4.79 Å². The van der Waals surface area contributed by atoms with Crippen LogP contribution in [0.25, 0.3) is 0 Å². The van der Waals surface area contributed by atoms with Crippen molar-refractivity contribution in [3.63, 3.8) is 0 Å². The lowest BCUT2D eigenvalue weighted by molar-refractivity contribution is 0.0746. The highest BCUT2D eigenvalue weighted by atomic mass is 35.5. The number of carbonyl (C=O) groups is 1. The number of carbonyl (C=O) groups excluding carboxylic acids is 1. The highest BCUT2D eigenvalue weighted by molar-refractivity contribution is 6.36. The number of para-hydroxylation sites is 1. The van der Waals surface area contributed by atoms with Crippen molar-refractivity contribution in [3.05, 3.63) is 76.5 Å². The standard InChI is InChI=1S/C21H18Cl2N4O2/c22-15-6-7-17(18(23)12-15)21(28)27-10-8-26(9-11-27)19-13-20(25-14-24-19)29-16-4-2-1-3-5-16/h1-7,12-14H,8-11H2. The van der Waals surface area contributed by atoms with Crippen LogP contribution in [0.4, 0.5) is 5.82 Å². The maximum atomic E-state index is 12.8. The highest BCUT2D eigenvalue weighted by Crippen LogP contribution is 2.25. The predicted octanol–water partition coefficient (Wildman–Crippen LogP) is 4.54. The number of ether oxygens (including phenoxy) is 1. The molecule has 0 N–H and O–H groups in total. The van der Waals surface area contributed by atoms with Gasteiger partial charge in [0.05, 0.1) is 10.6 Å². The molecule has 0 unspecified atom stereocenters. The largest absolute Gasteiger partial charge is 0.439 e. The summed E-state index contributed by atoms with van der Waals surface area (Å²) in [6.45, 7) is 2.44. The van der Waals surface area contributed by atoms with E-state index in [2.05, 4.69) is 14.9 Å². The lowest BCUT2D eigenvalue weighted by Crippen LogP contribution is -2.49. The van der Waals surface area contributed by atoms with Gasteiger partial charge in [0, 0.05) is 37.3 Å². The number of aromatic nitrogens is 2. The molecule has 6 nitrogen and oxygen atoms in total. The molecule has 3 aromatic rings. The van der Waals surface area contributed by atoms with Gasteiger partial charge in [-0.15, -0.1) is 0 Å². The summed E-state index contributed by atoms with van der Waals surface area (Å²) in [6.07, 6.45) is 1.48. The van der Waals surface area contributed by atoms with E-state index in [0.717, 1.165) is 5.82 Å². The molecule has 1 aliphatic rings. The van der Waals surface area contributed by atoms with Gasteiger partial charge in [0.25, 0.3) is 5.91 Å². The van der Waals surface area contributed by atoms with Crippen molar-refractivity contribution in [1.82, 2.24) is 14.9 Å². The predicted molar refractivity (Wildman–Crippen MR) is 113 cm³/mol. The normalized spacial score (nSPS) is 14.0. The summed E-state index contributed by atoms with van der Waals surface area (Å²) in [5, 5.41) is 0.872. The average Bonchev–Trinajstić information content (AvgIpc) is 2.74. The molecule has 148 valence electrons. The molecule has 1 aliphatic heterocycles. The van der Waals surface area contributed by atoms with E-state index >= 15 is 0 Å². The smallest absolute Gasteiger partial charge is 0.255 e. The summed E-state index contributed by atoms with van der Waals surface area (Å²) in [5.74, 6) is 1.87. The molecule has 0 saturated carbocycles. The Labute approximate surface area is 178 Å². The van der Waals surface area contributed by atoms with Crippen LogP contribution < -0.4 is 9.64 Å². The van der Waals surface area contributed by atoms with E-state index < -0.39 is 0 Å². The Hall–Kier alpha value is -2.83. The molecule has 2 aromatic carbocycles. The number of rotatable bonds is 4. The minimum atomic E-state index is -0.0953. The number of nitrogens with zero attached hydrogens (tertiary/aromatic N) is 4. The second-order valence-electron chi connectivity index (χ2n) is 6.53. The van der Waals surface area contributed by atoms with E-state index in [1.807, 2.05) is 30.3 Å². The quantitative estimate of drug-likeness (QED) is 0.610. The number of amides is 1. The van der Waals surface area contributed by atoms with Crippen molar-refractivity contribution in [2.45, 2.75) is 0 Å².